The SMILES string of the molecule is NC(=O)c1ccccc1[CH]c1ccc(Cl)cc1. The summed E-state index contributed by atoms with van der Waals surface area (Å²) in [5.41, 5.74) is 7.61. The third-order valence-corrected chi connectivity index (χ3v) is 2.67. The summed E-state index contributed by atoms with van der Waals surface area (Å²) in [6.45, 7) is 0. The lowest BCUT2D eigenvalue weighted by molar-refractivity contribution is 0.1000. The van der Waals surface area contributed by atoms with Crippen LogP contribution in [0.25, 0.3) is 0 Å². The monoisotopic (exact) mass is 244 g/mol. The molecule has 1 radical (unpaired) electrons. The number of hydrogen-bond acceptors (Lipinski definition) is 1. The van der Waals surface area contributed by atoms with Crippen LogP contribution in [0.3, 0.4) is 0 Å². The predicted octanol–water partition coefficient (Wildman–Crippen LogP) is 3.04. The van der Waals surface area contributed by atoms with Gasteiger partial charge in [-0.1, -0.05) is 41.9 Å². The van der Waals surface area contributed by atoms with E-state index in [1.807, 2.05) is 30.7 Å². The van der Waals surface area contributed by atoms with Gasteiger partial charge in [0.15, 0.2) is 0 Å². The summed E-state index contributed by atoms with van der Waals surface area (Å²) in [7, 11) is 0. The number of rotatable bonds is 3. The average molecular weight is 245 g/mol. The Kier molecular flexibility index (Phi) is 3.45. The number of hydrogen-bond donors (Lipinski definition) is 1. The van der Waals surface area contributed by atoms with Crippen molar-refractivity contribution in [2.75, 3.05) is 0 Å². The van der Waals surface area contributed by atoms with E-state index in [-0.39, 0.29) is 0 Å². The van der Waals surface area contributed by atoms with Gasteiger partial charge in [0.1, 0.15) is 0 Å². The first-order chi connectivity index (χ1) is 8.16. The van der Waals surface area contributed by atoms with Gasteiger partial charge in [0.2, 0.25) is 5.91 Å². The zero-order valence-electron chi connectivity index (χ0n) is 9.06. The Bertz CT molecular complexity index is 534. The molecule has 0 aliphatic heterocycles. The van der Waals surface area contributed by atoms with E-state index < -0.39 is 5.91 Å². The van der Waals surface area contributed by atoms with Crippen LogP contribution in [0.1, 0.15) is 21.5 Å². The Hall–Kier alpha value is -1.80. The van der Waals surface area contributed by atoms with Gasteiger partial charge in [0.25, 0.3) is 0 Å². The predicted molar refractivity (Wildman–Crippen MR) is 68.9 cm³/mol. The highest BCUT2D eigenvalue weighted by molar-refractivity contribution is 6.30. The highest BCUT2D eigenvalue weighted by Gasteiger charge is 2.07. The maximum Gasteiger partial charge on any atom is 0.248 e. The van der Waals surface area contributed by atoms with Gasteiger partial charge in [-0.05, 0) is 29.3 Å². The van der Waals surface area contributed by atoms with Crippen LogP contribution in [-0.2, 0) is 0 Å². The van der Waals surface area contributed by atoms with Gasteiger partial charge in [-0.2, -0.15) is 0 Å². The van der Waals surface area contributed by atoms with Gasteiger partial charge >= 0.3 is 0 Å². The first kappa shape index (κ1) is 11.7. The van der Waals surface area contributed by atoms with Crippen LogP contribution in [0.2, 0.25) is 5.02 Å². The van der Waals surface area contributed by atoms with Crippen molar-refractivity contribution in [2.24, 2.45) is 5.73 Å². The molecule has 0 heterocycles. The van der Waals surface area contributed by atoms with E-state index in [0.29, 0.717) is 10.6 Å². The molecule has 85 valence electrons. The van der Waals surface area contributed by atoms with E-state index in [0.717, 1.165) is 11.1 Å². The maximum atomic E-state index is 11.2. The molecular formula is C14H11ClNO. The highest BCUT2D eigenvalue weighted by atomic mass is 35.5. The Morgan fingerprint density at radius 3 is 2.35 bits per heavy atom. The molecule has 0 fully saturated rings. The second kappa shape index (κ2) is 5.02. The lowest BCUT2D eigenvalue weighted by Gasteiger charge is -2.06. The first-order valence-corrected chi connectivity index (χ1v) is 5.54. The number of halogens is 1. The van der Waals surface area contributed by atoms with Gasteiger partial charge in [-0.3, -0.25) is 4.79 Å². The summed E-state index contributed by atoms with van der Waals surface area (Å²) in [4.78, 5) is 11.2. The van der Waals surface area contributed by atoms with Crippen LogP contribution < -0.4 is 5.73 Å². The first-order valence-electron chi connectivity index (χ1n) is 5.16. The van der Waals surface area contributed by atoms with Crippen molar-refractivity contribution in [1.82, 2.24) is 0 Å². The Morgan fingerprint density at radius 1 is 1.06 bits per heavy atom. The number of carbonyl (C=O) groups is 1. The molecule has 0 bridgehead atoms. The summed E-state index contributed by atoms with van der Waals surface area (Å²) >= 11 is 5.81. The molecule has 3 heteroatoms. The van der Waals surface area contributed by atoms with Crippen LogP contribution >= 0.6 is 11.6 Å². The zero-order chi connectivity index (χ0) is 12.3. The van der Waals surface area contributed by atoms with Crippen molar-refractivity contribution < 1.29 is 4.79 Å². The minimum atomic E-state index is -0.425. The second-order valence-electron chi connectivity index (χ2n) is 3.65. The molecule has 0 unspecified atom stereocenters. The van der Waals surface area contributed by atoms with E-state index in [1.165, 1.54) is 0 Å². The van der Waals surface area contributed by atoms with Crippen molar-refractivity contribution in [2.45, 2.75) is 0 Å². The van der Waals surface area contributed by atoms with Gasteiger partial charge < -0.3 is 5.73 Å². The molecule has 0 saturated carbocycles. The average Bonchev–Trinajstić information content (AvgIpc) is 2.32. The molecule has 2 aromatic rings. The molecule has 0 spiro atoms. The van der Waals surface area contributed by atoms with Crippen LogP contribution in [-0.4, -0.2) is 5.91 Å². The molecule has 0 atom stereocenters. The molecule has 2 rings (SSSR count). The van der Waals surface area contributed by atoms with Gasteiger partial charge in [-0.15, -0.1) is 0 Å². The van der Waals surface area contributed by atoms with Crippen molar-refractivity contribution in [3.8, 4) is 0 Å². The van der Waals surface area contributed by atoms with Crippen molar-refractivity contribution in [3.63, 3.8) is 0 Å². The fourth-order valence-electron chi connectivity index (χ4n) is 1.59. The van der Waals surface area contributed by atoms with E-state index in [2.05, 4.69) is 0 Å². The second-order valence-corrected chi connectivity index (χ2v) is 4.08. The number of nitrogens with two attached hydrogens (primary N) is 1. The zero-order valence-corrected chi connectivity index (χ0v) is 9.82. The molecule has 0 aromatic heterocycles. The molecule has 2 nitrogen and oxygen atoms in total. The molecule has 2 N–H and O–H groups in total. The lowest BCUT2D eigenvalue weighted by Crippen LogP contribution is -2.13. The van der Waals surface area contributed by atoms with Gasteiger partial charge in [0, 0.05) is 17.0 Å². The minimum Gasteiger partial charge on any atom is -0.366 e. The third kappa shape index (κ3) is 2.86. The van der Waals surface area contributed by atoms with E-state index >= 15 is 0 Å². The van der Waals surface area contributed by atoms with E-state index in [4.69, 9.17) is 17.3 Å². The largest absolute Gasteiger partial charge is 0.366 e. The quantitative estimate of drug-likeness (QED) is 0.886. The Morgan fingerprint density at radius 2 is 1.71 bits per heavy atom. The maximum absolute atomic E-state index is 11.2. The van der Waals surface area contributed by atoms with Crippen LogP contribution in [0.15, 0.2) is 48.5 Å². The smallest absolute Gasteiger partial charge is 0.248 e. The molecule has 17 heavy (non-hydrogen) atoms. The van der Waals surface area contributed by atoms with E-state index in [9.17, 15) is 4.79 Å². The third-order valence-electron chi connectivity index (χ3n) is 2.42. The Labute approximate surface area is 105 Å². The topological polar surface area (TPSA) is 43.1 Å². The number of benzene rings is 2. The van der Waals surface area contributed by atoms with Crippen LogP contribution in [0.5, 0.6) is 0 Å². The fourth-order valence-corrected chi connectivity index (χ4v) is 1.71. The molecule has 2 aromatic carbocycles. The Balaban J connectivity index is 2.30. The van der Waals surface area contributed by atoms with Crippen molar-refractivity contribution in [3.05, 3.63) is 76.7 Å². The van der Waals surface area contributed by atoms with Gasteiger partial charge in [0.05, 0.1) is 0 Å². The van der Waals surface area contributed by atoms with Crippen molar-refractivity contribution in [1.29, 1.82) is 0 Å². The standard InChI is InChI=1S/C14H11ClNO/c15-12-7-5-10(6-8-12)9-11-3-1-2-4-13(11)14(16)17/h1-9H,(H2,16,17). The highest BCUT2D eigenvalue weighted by Crippen LogP contribution is 2.18. The van der Waals surface area contributed by atoms with Crippen LogP contribution in [0.4, 0.5) is 0 Å². The summed E-state index contributed by atoms with van der Waals surface area (Å²) in [6.07, 6.45) is 1.90. The lowest BCUT2D eigenvalue weighted by atomic mass is 9.99. The van der Waals surface area contributed by atoms with Crippen molar-refractivity contribution >= 4 is 17.5 Å². The molecule has 1 amide bonds. The number of primary amides is 1. The van der Waals surface area contributed by atoms with E-state index in [1.54, 1.807) is 24.3 Å². The molecule has 0 aliphatic rings. The molecule has 0 saturated heterocycles. The summed E-state index contributed by atoms with van der Waals surface area (Å²) < 4.78 is 0. The summed E-state index contributed by atoms with van der Waals surface area (Å²) in [5.74, 6) is -0.425. The summed E-state index contributed by atoms with van der Waals surface area (Å²) in [5, 5.41) is 0.685. The van der Waals surface area contributed by atoms with Gasteiger partial charge in [-0.25, -0.2) is 0 Å². The number of amides is 1. The minimum absolute atomic E-state index is 0.425. The normalized spacial score (nSPS) is 10.2. The fraction of sp³-hybridized carbons (Fsp3) is 0. The summed E-state index contributed by atoms with van der Waals surface area (Å²) in [6, 6.07) is 14.6. The molecular weight excluding hydrogens is 234 g/mol. The molecule has 0 aliphatic carbocycles. The van der Waals surface area contributed by atoms with Crippen LogP contribution in [0, 0.1) is 6.42 Å². The number of carbonyl (C=O) groups excluding carboxylic acids is 1.